The van der Waals surface area contributed by atoms with Crippen molar-refractivity contribution >= 4 is 23.3 Å². The Hall–Kier alpha value is -3.57. The Morgan fingerprint density at radius 3 is 2.45 bits per heavy atom. The van der Waals surface area contributed by atoms with E-state index in [0.29, 0.717) is 23.6 Å². The quantitative estimate of drug-likeness (QED) is 0.441. The third-order valence-corrected chi connectivity index (χ3v) is 6.30. The van der Waals surface area contributed by atoms with Gasteiger partial charge in [-0.1, -0.05) is 29.8 Å². The number of halogens is 4. The van der Waals surface area contributed by atoms with E-state index in [-0.39, 0.29) is 30.4 Å². The van der Waals surface area contributed by atoms with Crippen molar-refractivity contribution in [2.45, 2.75) is 25.7 Å². The molecule has 0 spiro atoms. The van der Waals surface area contributed by atoms with Gasteiger partial charge in [-0.2, -0.15) is 4.99 Å². The molecule has 0 fully saturated rings. The highest BCUT2D eigenvalue weighted by atomic mass is 35.5. The van der Waals surface area contributed by atoms with Crippen molar-refractivity contribution in [2.75, 3.05) is 20.6 Å². The van der Waals surface area contributed by atoms with Gasteiger partial charge in [0.15, 0.2) is 5.90 Å². The van der Waals surface area contributed by atoms with E-state index in [1.54, 1.807) is 12.1 Å². The zero-order valence-corrected chi connectivity index (χ0v) is 21.7. The number of likely N-dealkylation sites (N-methyl/N-ethyl adjacent to an activating group) is 1. The number of hydrogen-bond donors (Lipinski definition) is 0. The number of rotatable bonds is 7. The number of ether oxygens (including phenoxy) is 2. The molecule has 0 bridgehead atoms. The minimum Gasteiger partial charge on any atom is -0.442 e. The molecule has 0 amide bonds. The average molecular weight is 551 g/mol. The van der Waals surface area contributed by atoms with Gasteiger partial charge in [0.1, 0.15) is 17.3 Å². The summed E-state index contributed by atoms with van der Waals surface area (Å²) in [7, 11) is 5.14. The summed E-state index contributed by atoms with van der Waals surface area (Å²) in [6.45, 7) is 0.789. The van der Waals surface area contributed by atoms with Crippen LogP contribution in [0.4, 0.5) is 19.0 Å². The molecule has 0 aliphatic carbocycles. The van der Waals surface area contributed by atoms with Crippen LogP contribution in [0.3, 0.4) is 0 Å². The van der Waals surface area contributed by atoms with E-state index in [4.69, 9.17) is 16.3 Å². The smallest absolute Gasteiger partial charge is 0.442 e. The second-order valence-corrected chi connectivity index (χ2v) is 9.65. The van der Waals surface area contributed by atoms with Crippen LogP contribution in [0, 0.1) is 5.92 Å². The van der Waals surface area contributed by atoms with E-state index >= 15 is 0 Å². The van der Waals surface area contributed by atoms with Crippen LogP contribution in [0.25, 0.3) is 0 Å². The average Bonchev–Trinajstić information content (AvgIpc) is 2.84. The number of fused-ring (bicyclic) bond motifs is 1. The monoisotopic (exact) mass is 550 g/mol. The van der Waals surface area contributed by atoms with Gasteiger partial charge in [-0.15, -0.1) is 13.2 Å². The van der Waals surface area contributed by atoms with Gasteiger partial charge in [0.2, 0.25) is 0 Å². The van der Waals surface area contributed by atoms with Crippen LogP contribution in [-0.2, 0) is 26.4 Å². The minimum atomic E-state index is -4.86. The molecule has 202 valence electrons. The molecule has 38 heavy (non-hydrogen) atoms. The Labute approximate surface area is 221 Å². The van der Waals surface area contributed by atoms with Gasteiger partial charge in [0.05, 0.1) is 5.56 Å². The molecule has 1 atom stereocenters. The molecule has 2 heterocycles. The molecule has 3 aromatic rings. The van der Waals surface area contributed by atoms with Crippen molar-refractivity contribution in [3.8, 4) is 11.5 Å². The fraction of sp³-hybridized carbons (Fsp3) is 0.346. The van der Waals surface area contributed by atoms with E-state index in [1.165, 1.54) is 23.7 Å². The van der Waals surface area contributed by atoms with Crippen molar-refractivity contribution in [2.24, 2.45) is 18.0 Å². The van der Waals surface area contributed by atoms with Crippen molar-refractivity contribution in [3.05, 3.63) is 85.5 Å². The summed E-state index contributed by atoms with van der Waals surface area (Å²) >= 11 is 6.02. The van der Waals surface area contributed by atoms with Crippen molar-refractivity contribution < 1.29 is 22.6 Å². The standard InChI is InChI=1S/C26H26ClF3N4O4/c1-32(2)11-12-34-22-21(24(35)33(3)25(34)36)14-17(13-16-7-9-18(27)10-8-16)23(31-22)37-19-5-4-6-20(15-19)38-26(28,29)30/h4-10,15,17H,11-14H2,1-3H3. The van der Waals surface area contributed by atoms with Gasteiger partial charge in [0, 0.05) is 37.1 Å². The maximum atomic E-state index is 13.1. The van der Waals surface area contributed by atoms with Crippen molar-refractivity contribution in [1.29, 1.82) is 0 Å². The van der Waals surface area contributed by atoms with Gasteiger partial charge >= 0.3 is 12.1 Å². The first-order valence-electron chi connectivity index (χ1n) is 11.8. The molecule has 1 aromatic heterocycles. The lowest BCUT2D eigenvalue weighted by molar-refractivity contribution is -0.274. The third kappa shape index (κ3) is 6.46. The normalized spacial score (nSPS) is 15.3. The first-order valence-corrected chi connectivity index (χ1v) is 12.1. The van der Waals surface area contributed by atoms with Gasteiger partial charge in [-0.3, -0.25) is 13.9 Å². The first-order chi connectivity index (χ1) is 17.9. The summed E-state index contributed by atoms with van der Waals surface area (Å²) in [5.41, 5.74) is 0.295. The maximum absolute atomic E-state index is 13.1. The molecule has 0 N–H and O–H groups in total. The van der Waals surface area contributed by atoms with Gasteiger partial charge < -0.3 is 14.4 Å². The topological polar surface area (TPSA) is 78.1 Å². The van der Waals surface area contributed by atoms with E-state index in [1.807, 2.05) is 31.1 Å². The van der Waals surface area contributed by atoms with Crippen LogP contribution in [0.5, 0.6) is 11.5 Å². The van der Waals surface area contributed by atoms with Gasteiger partial charge in [0.25, 0.3) is 5.56 Å². The molecule has 1 aliphatic rings. The number of hydrogen-bond acceptors (Lipinski definition) is 6. The second-order valence-electron chi connectivity index (χ2n) is 9.21. The van der Waals surface area contributed by atoms with Crippen LogP contribution < -0.4 is 20.7 Å². The highest BCUT2D eigenvalue weighted by Crippen LogP contribution is 2.31. The predicted octanol–water partition coefficient (Wildman–Crippen LogP) is 4.18. The zero-order chi connectivity index (χ0) is 27.6. The Balaban J connectivity index is 1.79. The lowest BCUT2D eigenvalue weighted by Crippen LogP contribution is -2.43. The zero-order valence-electron chi connectivity index (χ0n) is 21.0. The van der Waals surface area contributed by atoms with Gasteiger partial charge in [-0.05, 0) is 56.8 Å². The maximum Gasteiger partial charge on any atom is 0.573 e. The second kappa shape index (κ2) is 11.0. The highest BCUT2D eigenvalue weighted by Gasteiger charge is 2.33. The number of benzene rings is 2. The molecule has 4 rings (SSSR count). The lowest BCUT2D eigenvalue weighted by Gasteiger charge is -2.27. The predicted molar refractivity (Wildman–Crippen MR) is 138 cm³/mol. The van der Waals surface area contributed by atoms with E-state index in [9.17, 15) is 22.8 Å². The summed E-state index contributed by atoms with van der Waals surface area (Å²) in [5.74, 6) is -0.463. The molecular weight excluding hydrogens is 525 g/mol. The molecular formula is C26H26ClF3N4O4. The summed E-state index contributed by atoms with van der Waals surface area (Å²) in [6, 6.07) is 12.3. The molecule has 0 saturated carbocycles. The molecule has 1 aliphatic heterocycles. The summed E-state index contributed by atoms with van der Waals surface area (Å²) in [5, 5.41) is 0.563. The molecule has 8 nitrogen and oxygen atoms in total. The largest absolute Gasteiger partial charge is 0.573 e. The Morgan fingerprint density at radius 1 is 1.11 bits per heavy atom. The highest BCUT2D eigenvalue weighted by molar-refractivity contribution is 6.30. The minimum absolute atomic E-state index is 0.0704. The van der Waals surface area contributed by atoms with E-state index in [0.717, 1.165) is 22.3 Å². The van der Waals surface area contributed by atoms with Crippen LogP contribution in [0.2, 0.25) is 5.02 Å². The Kier molecular flexibility index (Phi) is 7.98. The SMILES string of the molecule is CN(C)CCn1c2c(c(=O)n(C)c1=O)CC(Cc1ccc(Cl)cc1)C(Oc1cccc(OC(F)(F)F)c1)=N2. The number of aliphatic imine (C=N–C) groups is 1. The summed E-state index contributed by atoms with van der Waals surface area (Å²) in [4.78, 5) is 32.6. The first kappa shape index (κ1) is 27.5. The Morgan fingerprint density at radius 2 is 1.79 bits per heavy atom. The van der Waals surface area contributed by atoms with Crippen LogP contribution in [0.1, 0.15) is 11.1 Å². The molecule has 0 saturated heterocycles. The number of alkyl halides is 3. The third-order valence-electron chi connectivity index (χ3n) is 6.05. The van der Waals surface area contributed by atoms with Crippen molar-refractivity contribution in [3.63, 3.8) is 0 Å². The summed E-state index contributed by atoms with van der Waals surface area (Å²) in [6.07, 6.45) is -4.24. The molecule has 2 aromatic carbocycles. The fourth-order valence-electron chi connectivity index (χ4n) is 4.18. The number of nitrogens with zero attached hydrogens (tertiary/aromatic N) is 4. The fourth-order valence-corrected chi connectivity index (χ4v) is 4.31. The summed E-state index contributed by atoms with van der Waals surface area (Å²) < 4.78 is 50.7. The van der Waals surface area contributed by atoms with Crippen molar-refractivity contribution in [1.82, 2.24) is 14.0 Å². The molecule has 12 heteroatoms. The van der Waals surface area contributed by atoms with E-state index < -0.39 is 29.3 Å². The Bertz CT molecular complexity index is 1460. The van der Waals surface area contributed by atoms with Crippen LogP contribution >= 0.6 is 11.6 Å². The molecule has 0 radical (unpaired) electrons. The lowest BCUT2D eigenvalue weighted by atomic mass is 9.91. The molecule has 1 unspecified atom stereocenters. The van der Waals surface area contributed by atoms with Crippen LogP contribution in [-0.4, -0.2) is 46.9 Å². The van der Waals surface area contributed by atoms with Crippen LogP contribution in [0.15, 0.2) is 63.1 Å². The van der Waals surface area contributed by atoms with E-state index in [2.05, 4.69) is 9.73 Å². The number of aromatic nitrogens is 2. The van der Waals surface area contributed by atoms with Gasteiger partial charge in [-0.25, -0.2) is 4.79 Å².